The van der Waals surface area contributed by atoms with E-state index in [1.165, 1.54) is 4.90 Å². The van der Waals surface area contributed by atoms with Gasteiger partial charge in [0.2, 0.25) is 5.91 Å². The molecule has 1 aliphatic heterocycles. The summed E-state index contributed by atoms with van der Waals surface area (Å²) in [4.78, 5) is 33.7. The Hall–Kier alpha value is -3.75. The van der Waals surface area contributed by atoms with Gasteiger partial charge in [-0.3, -0.25) is 10.1 Å². The Bertz CT molecular complexity index is 1020. The van der Waals surface area contributed by atoms with Crippen LogP contribution in [0.25, 0.3) is 5.82 Å². The van der Waals surface area contributed by atoms with Crippen LogP contribution < -0.4 is 10.1 Å². The van der Waals surface area contributed by atoms with Gasteiger partial charge >= 0.3 is 6.03 Å². The molecule has 0 spiro atoms. The van der Waals surface area contributed by atoms with Crippen LogP contribution in [0.4, 0.5) is 4.79 Å². The van der Waals surface area contributed by atoms with Crippen LogP contribution >= 0.6 is 0 Å². The van der Waals surface area contributed by atoms with E-state index in [-0.39, 0.29) is 25.6 Å². The van der Waals surface area contributed by atoms with Crippen LogP contribution in [0.5, 0.6) is 5.75 Å². The summed E-state index contributed by atoms with van der Waals surface area (Å²) in [6.07, 6.45) is 0. The monoisotopic (exact) mass is 378 g/mol. The van der Waals surface area contributed by atoms with Gasteiger partial charge in [-0.1, -0.05) is 24.3 Å². The quantitative estimate of drug-likeness (QED) is 0.654. The molecule has 9 heteroatoms. The first kappa shape index (κ1) is 17.7. The van der Waals surface area contributed by atoms with Crippen molar-refractivity contribution in [1.29, 1.82) is 0 Å². The van der Waals surface area contributed by atoms with E-state index < -0.39 is 6.03 Å². The number of aryl methyl sites for hydroxylation is 1. The van der Waals surface area contributed by atoms with Crippen molar-refractivity contribution in [2.24, 2.45) is 0 Å². The van der Waals surface area contributed by atoms with Crippen LogP contribution in [-0.4, -0.2) is 43.1 Å². The lowest BCUT2D eigenvalue weighted by molar-refractivity contribution is -0.118. The first-order valence-corrected chi connectivity index (χ1v) is 8.74. The van der Waals surface area contributed by atoms with E-state index in [1.807, 2.05) is 55.5 Å². The zero-order valence-electron chi connectivity index (χ0n) is 15.2. The summed E-state index contributed by atoms with van der Waals surface area (Å²) in [5.41, 5.74) is 0.829. The predicted molar refractivity (Wildman–Crippen MR) is 98.6 cm³/mol. The molecule has 0 atom stereocenters. The molecule has 9 nitrogen and oxygen atoms in total. The number of aromatic nitrogens is 4. The van der Waals surface area contributed by atoms with Crippen molar-refractivity contribution in [2.75, 3.05) is 6.54 Å². The van der Waals surface area contributed by atoms with Crippen LogP contribution in [0.15, 0.2) is 48.5 Å². The molecule has 1 aromatic carbocycles. The Labute approximate surface area is 161 Å². The minimum atomic E-state index is -0.446. The minimum Gasteiger partial charge on any atom is -0.486 e. The van der Waals surface area contributed by atoms with E-state index in [2.05, 4.69) is 20.4 Å². The van der Waals surface area contributed by atoms with Gasteiger partial charge in [-0.25, -0.2) is 14.8 Å². The molecule has 3 amide bonds. The summed E-state index contributed by atoms with van der Waals surface area (Å²) in [7, 11) is 0. The molecule has 28 heavy (non-hydrogen) atoms. The van der Waals surface area contributed by atoms with Crippen molar-refractivity contribution < 1.29 is 14.3 Å². The molecule has 1 saturated heterocycles. The Morgan fingerprint density at radius 3 is 2.61 bits per heavy atom. The Balaban J connectivity index is 1.61. The number of carbonyl (C=O) groups is 2. The van der Waals surface area contributed by atoms with E-state index in [4.69, 9.17) is 4.74 Å². The smallest absolute Gasteiger partial charge is 0.324 e. The third-order valence-electron chi connectivity index (χ3n) is 4.12. The number of para-hydroxylation sites is 1. The fraction of sp³-hybridized carbons (Fsp3) is 0.211. The van der Waals surface area contributed by atoms with Gasteiger partial charge in [-0.05, 0) is 31.2 Å². The van der Waals surface area contributed by atoms with Crippen molar-refractivity contribution in [1.82, 2.24) is 30.0 Å². The molecule has 0 bridgehead atoms. The first-order valence-electron chi connectivity index (χ1n) is 8.74. The summed E-state index contributed by atoms with van der Waals surface area (Å²) < 4.78 is 7.30. The molecular weight excluding hydrogens is 360 g/mol. The molecule has 0 aliphatic carbocycles. The average molecular weight is 378 g/mol. The maximum atomic E-state index is 11.9. The number of carbonyl (C=O) groups excluding carboxylic acids is 2. The van der Waals surface area contributed by atoms with Gasteiger partial charge in [0.1, 0.15) is 18.9 Å². The van der Waals surface area contributed by atoms with Crippen molar-refractivity contribution in [3.8, 4) is 11.6 Å². The summed E-state index contributed by atoms with van der Waals surface area (Å²) in [5.74, 6) is 1.90. The molecule has 1 fully saturated rings. The van der Waals surface area contributed by atoms with Gasteiger partial charge in [-0.2, -0.15) is 4.68 Å². The van der Waals surface area contributed by atoms with Crippen molar-refractivity contribution in [2.45, 2.75) is 20.1 Å². The summed E-state index contributed by atoms with van der Waals surface area (Å²) in [5, 5.41) is 6.76. The molecule has 0 unspecified atom stereocenters. The SMILES string of the molecule is Cc1cccc(-n2nc(COc3ccccc3)nc2CN2CC(=O)NC2=O)n1. The van der Waals surface area contributed by atoms with E-state index in [9.17, 15) is 9.59 Å². The van der Waals surface area contributed by atoms with E-state index in [0.717, 1.165) is 5.69 Å². The Morgan fingerprint density at radius 2 is 1.89 bits per heavy atom. The number of nitrogens with zero attached hydrogens (tertiary/aromatic N) is 5. The van der Waals surface area contributed by atoms with Crippen LogP contribution in [0.2, 0.25) is 0 Å². The second-order valence-electron chi connectivity index (χ2n) is 6.30. The number of pyridine rings is 1. The molecule has 3 heterocycles. The van der Waals surface area contributed by atoms with Crippen molar-refractivity contribution in [3.05, 3.63) is 65.9 Å². The number of amides is 3. The molecule has 0 saturated carbocycles. The number of imide groups is 1. The molecule has 0 radical (unpaired) electrons. The highest BCUT2D eigenvalue weighted by Gasteiger charge is 2.28. The highest BCUT2D eigenvalue weighted by molar-refractivity contribution is 6.01. The van der Waals surface area contributed by atoms with Gasteiger partial charge in [0.05, 0.1) is 6.54 Å². The molecule has 1 N–H and O–H groups in total. The maximum absolute atomic E-state index is 11.9. The molecular formula is C19H18N6O3. The topological polar surface area (TPSA) is 102 Å². The molecule has 1 aliphatic rings. The third kappa shape index (κ3) is 3.83. The molecule has 142 valence electrons. The lowest BCUT2D eigenvalue weighted by Crippen LogP contribution is -2.29. The third-order valence-corrected chi connectivity index (χ3v) is 4.12. The van der Waals surface area contributed by atoms with Gasteiger partial charge in [0.25, 0.3) is 0 Å². The number of ether oxygens (including phenoxy) is 1. The van der Waals surface area contributed by atoms with Crippen LogP contribution in [0.3, 0.4) is 0 Å². The maximum Gasteiger partial charge on any atom is 0.324 e. The van der Waals surface area contributed by atoms with Gasteiger partial charge < -0.3 is 9.64 Å². The molecule has 3 aromatic rings. The number of rotatable bonds is 6. The Kier molecular flexibility index (Phi) is 4.71. The molecule has 4 rings (SSSR count). The minimum absolute atomic E-state index is 0.0111. The van der Waals surface area contributed by atoms with Crippen LogP contribution in [0, 0.1) is 6.92 Å². The standard InChI is InChI=1S/C19H18N6O3/c1-13-6-5-9-16(20-13)25-17(10-24-11-18(26)22-19(24)27)21-15(23-25)12-28-14-7-3-2-4-8-14/h2-9H,10-12H2,1H3,(H,22,26,27). The number of urea groups is 1. The molecule has 2 aromatic heterocycles. The fourth-order valence-corrected chi connectivity index (χ4v) is 2.83. The number of hydrogen-bond acceptors (Lipinski definition) is 6. The van der Waals surface area contributed by atoms with E-state index >= 15 is 0 Å². The van der Waals surface area contributed by atoms with E-state index in [0.29, 0.717) is 23.2 Å². The second kappa shape index (κ2) is 7.47. The first-order chi connectivity index (χ1) is 13.6. The Morgan fingerprint density at radius 1 is 1.07 bits per heavy atom. The zero-order valence-corrected chi connectivity index (χ0v) is 15.2. The summed E-state index contributed by atoms with van der Waals surface area (Å²) >= 11 is 0. The summed E-state index contributed by atoms with van der Waals surface area (Å²) in [6.45, 7) is 2.17. The van der Waals surface area contributed by atoms with E-state index in [1.54, 1.807) is 4.68 Å². The van der Waals surface area contributed by atoms with Gasteiger partial charge in [0.15, 0.2) is 17.5 Å². The lowest BCUT2D eigenvalue weighted by Gasteiger charge is -2.12. The highest BCUT2D eigenvalue weighted by atomic mass is 16.5. The number of hydrogen-bond donors (Lipinski definition) is 1. The largest absolute Gasteiger partial charge is 0.486 e. The summed E-state index contributed by atoms with van der Waals surface area (Å²) in [6, 6.07) is 14.5. The number of benzene rings is 1. The zero-order chi connectivity index (χ0) is 19.5. The predicted octanol–water partition coefficient (Wildman–Crippen LogP) is 1.60. The van der Waals surface area contributed by atoms with Crippen molar-refractivity contribution in [3.63, 3.8) is 0 Å². The highest BCUT2D eigenvalue weighted by Crippen LogP contribution is 2.15. The number of nitrogens with one attached hydrogen (secondary N) is 1. The van der Waals surface area contributed by atoms with Crippen LogP contribution in [-0.2, 0) is 17.9 Å². The fourth-order valence-electron chi connectivity index (χ4n) is 2.83. The average Bonchev–Trinajstić information content (AvgIpc) is 3.23. The normalized spacial score (nSPS) is 13.7. The lowest BCUT2D eigenvalue weighted by atomic mass is 10.3. The van der Waals surface area contributed by atoms with Gasteiger partial charge in [0, 0.05) is 5.69 Å². The van der Waals surface area contributed by atoms with Crippen molar-refractivity contribution >= 4 is 11.9 Å². The van der Waals surface area contributed by atoms with Crippen LogP contribution in [0.1, 0.15) is 17.3 Å². The van der Waals surface area contributed by atoms with Gasteiger partial charge in [-0.15, -0.1) is 5.10 Å². The second-order valence-corrected chi connectivity index (χ2v) is 6.30.